The summed E-state index contributed by atoms with van der Waals surface area (Å²) in [6, 6.07) is 0. The molecule has 0 unspecified atom stereocenters. The number of carbonyl (C=O) groups excluding carboxylic acids is 1. The molecule has 1 aliphatic rings. The van der Waals surface area contributed by atoms with Gasteiger partial charge in [0.25, 0.3) is 0 Å². The molecule has 0 spiro atoms. The van der Waals surface area contributed by atoms with Crippen LogP contribution in [0.15, 0.2) is 21.3 Å². The highest BCUT2D eigenvalue weighted by Crippen LogP contribution is 2.24. The van der Waals surface area contributed by atoms with Crippen LogP contribution in [0.1, 0.15) is 40.5 Å². The summed E-state index contributed by atoms with van der Waals surface area (Å²) in [5.74, 6) is 0.0789. The third kappa shape index (κ3) is 6.02. The Morgan fingerprint density at radius 1 is 1.27 bits per heavy atom. The third-order valence-electron chi connectivity index (χ3n) is 4.61. The summed E-state index contributed by atoms with van der Waals surface area (Å²) < 4.78 is 24.6. The number of sulfonamides is 1. The second-order valence-electron chi connectivity index (χ2n) is 7.77. The van der Waals surface area contributed by atoms with Gasteiger partial charge in [-0.3, -0.25) is 14.8 Å². The van der Waals surface area contributed by atoms with Gasteiger partial charge in [0.2, 0.25) is 15.9 Å². The van der Waals surface area contributed by atoms with E-state index >= 15 is 0 Å². The molecule has 26 heavy (non-hydrogen) atoms. The van der Waals surface area contributed by atoms with Crippen LogP contribution in [-0.4, -0.2) is 64.0 Å². The van der Waals surface area contributed by atoms with Gasteiger partial charge in [-0.15, -0.1) is 0 Å². The quantitative estimate of drug-likeness (QED) is 0.560. The number of amides is 1. The Morgan fingerprint density at radius 3 is 2.19 bits per heavy atom. The van der Waals surface area contributed by atoms with E-state index in [9.17, 15) is 13.2 Å². The highest BCUT2D eigenvalue weighted by atomic mass is 32.2. The van der Waals surface area contributed by atoms with Crippen LogP contribution in [0.2, 0.25) is 0 Å². The average Bonchev–Trinajstić information content (AvgIpc) is 2.55. The van der Waals surface area contributed by atoms with E-state index in [1.54, 1.807) is 14.0 Å². The van der Waals surface area contributed by atoms with Crippen LogP contribution in [0, 0.1) is 11.3 Å². The van der Waals surface area contributed by atoms with Gasteiger partial charge in [0.15, 0.2) is 0 Å². The average molecular weight is 385 g/mol. The van der Waals surface area contributed by atoms with E-state index in [0.29, 0.717) is 30.9 Å². The van der Waals surface area contributed by atoms with Crippen LogP contribution in [-0.2, 0) is 14.8 Å². The normalized spacial score (nSPS) is 19.1. The molecule has 8 heteroatoms. The van der Waals surface area contributed by atoms with Crippen molar-refractivity contribution in [3.8, 4) is 0 Å². The molecular formula is C18H32N4O3S. The zero-order chi connectivity index (χ0) is 20.1. The first kappa shape index (κ1) is 22.5. The van der Waals surface area contributed by atoms with E-state index in [1.165, 1.54) is 10.6 Å². The Labute approximate surface area is 157 Å². The number of hydrogen-bond donors (Lipinski definition) is 1. The van der Waals surface area contributed by atoms with E-state index in [1.807, 2.05) is 20.8 Å². The zero-order valence-corrected chi connectivity index (χ0v) is 17.6. The molecule has 7 nitrogen and oxygen atoms in total. The fourth-order valence-electron chi connectivity index (χ4n) is 3.09. The lowest BCUT2D eigenvalue weighted by Gasteiger charge is -2.30. The van der Waals surface area contributed by atoms with E-state index < -0.39 is 10.0 Å². The molecule has 0 aliphatic carbocycles. The molecule has 1 aliphatic heterocycles. The summed E-state index contributed by atoms with van der Waals surface area (Å²) in [5, 5.41) is 2.94. The predicted molar refractivity (Wildman–Crippen MR) is 107 cm³/mol. The second kappa shape index (κ2) is 8.90. The number of hydrogen-bond acceptors (Lipinski definition) is 5. The van der Waals surface area contributed by atoms with Crippen LogP contribution >= 0.6 is 0 Å². The van der Waals surface area contributed by atoms with E-state index in [2.05, 4.69) is 22.0 Å². The summed E-state index contributed by atoms with van der Waals surface area (Å²) in [6.45, 7) is 12.9. The topological polar surface area (TPSA) is 91.2 Å². The fraction of sp³-hybridized carbons (Fsp3) is 0.722. The monoisotopic (exact) mass is 384 g/mol. The van der Waals surface area contributed by atoms with Crippen molar-refractivity contribution in [2.75, 3.05) is 32.9 Å². The fourth-order valence-corrected chi connectivity index (χ4v) is 3.96. The first-order chi connectivity index (χ1) is 11.9. The van der Waals surface area contributed by atoms with Gasteiger partial charge in [-0.1, -0.05) is 20.8 Å². The van der Waals surface area contributed by atoms with Gasteiger partial charge in [-0.05, 0) is 32.4 Å². The van der Waals surface area contributed by atoms with Crippen molar-refractivity contribution in [3.05, 3.63) is 11.3 Å². The SMILES string of the molecule is C=N/C(C(=NC)C(C)(C)C)=C(/C)C(=O)NCC1CCN(S(C)(=O)=O)CC1. The summed E-state index contributed by atoms with van der Waals surface area (Å²) in [5.41, 5.74) is 1.50. The molecule has 1 rings (SSSR count). The standard InChI is InChI=1S/C18H32N4O3S/c1-13(15(19-5)16(20-6)18(2,3)4)17(23)21-12-14-8-10-22(11-9-14)26(7,24)25/h14H,5,8-12H2,1-4,6-7H3,(H,21,23)/b15-13-,20-16?. The summed E-state index contributed by atoms with van der Waals surface area (Å²) in [4.78, 5) is 20.9. The first-order valence-corrected chi connectivity index (χ1v) is 10.6. The van der Waals surface area contributed by atoms with Crippen LogP contribution in [0.3, 0.4) is 0 Å². The van der Waals surface area contributed by atoms with Gasteiger partial charge in [0, 0.05) is 37.7 Å². The van der Waals surface area contributed by atoms with Crippen LogP contribution in [0.25, 0.3) is 0 Å². The lowest BCUT2D eigenvalue weighted by molar-refractivity contribution is -0.117. The molecule has 0 radical (unpaired) electrons. The van der Waals surface area contributed by atoms with Gasteiger partial charge in [0.05, 0.1) is 17.7 Å². The largest absolute Gasteiger partial charge is 0.352 e. The maximum atomic E-state index is 12.5. The van der Waals surface area contributed by atoms with Crippen LogP contribution in [0.5, 0.6) is 0 Å². The van der Waals surface area contributed by atoms with Gasteiger partial charge in [-0.25, -0.2) is 12.7 Å². The molecule has 1 N–H and O–H groups in total. The van der Waals surface area contributed by atoms with Crippen molar-refractivity contribution in [1.82, 2.24) is 9.62 Å². The van der Waals surface area contributed by atoms with E-state index in [4.69, 9.17) is 0 Å². The van der Waals surface area contributed by atoms with Crippen molar-refractivity contribution >= 4 is 28.4 Å². The molecule has 0 aromatic rings. The smallest absolute Gasteiger partial charge is 0.249 e. The number of aliphatic imine (C=N–C) groups is 2. The van der Waals surface area contributed by atoms with Crippen LogP contribution in [0.4, 0.5) is 0 Å². The molecule has 0 saturated carbocycles. The van der Waals surface area contributed by atoms with Crippen molar-refractivity contribution in [2.24, 2.45) is 21.3 Å². The maximum Gasteiger partial charge on any atom is 0.249 e. The summed E-state index contributed by atoms with van der Waals surface area (Å²) in [6.07, 6.45) is 2.72. The Bertz CT molecular complexity index is 694. The van der Waals surface area contributed by atoms with E-state index in [0.717, 1.165) is 18.6 Å². The third-order valence-corrected chi connectivity index (χ3v) is 5.91. The van der Waals surface area contributed by atoms with Gasteiger partial charge in [0.1, 0.15) is 0 Å². The Morgan fingerprint density at radius 2 is 1.81 bits per heavy atom. The van der Waals surface area contributed by atoms with Gasteiger partial charge < -0.3 is 5.32 Å². The Hall–Kier alpha value is -1.54. The van der Waals surface area contributed by atoms with Crippen molar-refractivity contribution in [3.63, 3.8) is 0 Å². The first-order valence-electron chi connectivity index (χ1n) is 8.80. The molecule has 0 atom stereocenters. The molecule has 0 aromatic carbocycles. The lowest BCUT2D eigenvalue weighted by atomic mass is 9.86. The number of nitrogens with one attached hydrogen (secondary N) is 1. The minimum Gasteiger partial charge on any atom is -0.352 e. The maximum absolute atomic E-state index is 12.5. The highest BCUT2D eigenvalue weighted by molar-refractivity contribution is 7.88. The lowest BCUT2D eigenvalue weighted by Crippen LogP contribution is -2.41. The summed E-state index contributed by atoms with van der Waals surface area (Å²) in [7, 11) is -1.44. The molecule has 1 amide bonds. The highest BCUT2D eigenvalue weighted by Gasteiger charge is 2.27. The Balaban J connectivity index is 2.74. The molecule has 1 saturated heterocycles. The van der Waals surface area contributed by atoms with Gasteiger partial charge >= 0.3 is 0 Å². The predicted octanol–water partition coefficient (Wildman–Crippen LogP) is 1.87. The van der Waals surface area contributed by atoms with Crippen molar-refractivity contribution in [2.45, 2.75) is 40.5 Å². The number of carbonyl (C=O) groups is 1. The van der Waals surface area contributed by atoms with Crippen molar-refractivity contribution < 1.29 is 13.2 Å². The number of piperidine rings is 1. The van der Waals surface area contributed by atoms with Gasteiger partial charge in [-0.2, -0.15) is 0 Å². The van der Waals surface area contributed by atoms with E-state index in [-0.39, 0.29) is 17.2 Å². The molecule has 0 aromatic heterocycles. The number of allylic oxidation sites excluding steroid dienone is 1. The minimum atomic E-state index is -3.13. The molecular weight excluding hydrogens is 352 g/mol. The summed E-state index contributed by atoms with van der Waals surface area (Å²) >= 11 is 0. The molecule has 0 bridgehead atoms. The number of nitrogens with zero attached hydrogens (tertiary/aromatic N) is 3. The van der Waals surface area contributed by atoms with Crippen molar-refractivity contribution in [1.29, 1.82) is 0 Å². The molecule has 1 heterocycles. The molecule has 148 valence electrons. The minimum absolute atomic E-state index is 0.191. The Kier molecular flexibility index (Phi) is 7.70. The van der Waals surface area contributed by atoms with Crippen LogP contribution < -0.4 is 5.32 Å². The number of rotatable bonds is 6. The molecule has 1 fully saturated rings. The second-order valence-corrected chi connectivity index (χ2v) is 9.75. The zero-order valence-electron chi connectivity index (χ0n) is 16.8.